The van der Waals surface area contributed by atoms with Crippen LogP contribution in [0, 0.1) is 5.92 Å². The van der Waals surface area contributed by atoms with E-state index in [0.717, 1.165) is 0 Å². The number of alkyl halides is 6. The van der Waals surface area contributed by atoms with Crippen LogP contribution in [0.3, 0.4) is 0 Å². The number of hydrogen-bond donors (Lipinski definition) is 0. The molecular formula is C16H18F6O4. The summed E-state index contributed by atoms with van der Waals surface area (Å²) in [6.07, 6.45) is -12.5. The third-order valence-corrected chi connectivity index (χ3v) is 4.17. The molecule has 3 atom stereocenters. The topological polar surface area (TPSA) is 36.9 Å². The summed E-state index contributed by atoms with van der Waals surface area (Å²) in [4.78, 5) is 0. The van der Waals surface area contributed by atoms with Crippen molar-refractivity contribution in [2.24, 2.45) is 5.92 Å². The lowest BCUT2D eigenvalue weighted by Crippen LogP contribution is -2.27. The van der Waals surface area contributed by atoms with Gasteiger partial charge in [-0.15, -0.1) is 0 Å². The van der Waals surface area contributed by atoms with Crippen molar-refractivity contribution in [2.45, 2.75) is 37.5 Å². The monoisotopic (exact) mass is 388 g/mol. The molecule has 0 aliphatic carbocycles. The maximum absolute atomic E-state index is 13.1. The second-order valence-electron chi connectivity index (χ2n) is 5.80. The predicted molar refractivity (Wildman–Crippen MR) is 77.0 cm³/mol. The summed E-state index contributed by atoms with van der Waals surface area (Å²) in [5, 5.41) is 0. The zero-order valence-corrected chi connectivity index (χ0v) is 14.1. The average molecular weight is 388 g/mol. The standard InChI is InChI=1S/C16H18F6O4/c1-23-12-7-11(14(24-2)25-3)13(26-12)8-4-9(15(17,18)19)6-10(5-8)16(20,21)22/h4-6,11-14H,7H2,1-3H3/t11-,12?,13-/m0/s1. The Morgan fingerprint density at radius 2 is 1.42 bits per heavy atom. The summed E-state index contributed by atoms with van der Waals surface area (Å²) in [6, 6.07) is 1.37. The molecule has 4 nitrogen and oxygen atoms in total. The van der Waals surface area contributed by atoms with Crippen LogP contribution in [0.25, 0.3) is 0 Å². The summed E-state index contributed by atoms with van der Waals surface area (Å²) < 4.78 is 99.2. The molecule has 0 spiro atoms. The van der Waals surface area contributed by atoms with Crippen LogP contribution in [0.15, 0.2) is 18.2 Å². The second kappa shape index (κ2) is 7.71. The minimum atomic E-state index is -4.94. The van der Waals surface area contributed by atoms with Crippen molar-refractivity contribution in [2.75, 3.05) is 21.3 Å². The third-order valence-electron chi connectivity index (χ3n) is 4.17. The highest BCUT2D eigenvalue weighted by molar-refractivity contribution is 5.35. The van der Waals surface area contributed by atoms with Gasteiger partial charge in [0.2, 0.25) is 0 Å². The normalized spacial score (nSPS) is 24.5. The smallest absolute Gasteiger partial charge is 0.356 e. The van der Waals surface area contributed by atoms with Crippen LogP contribution in [0.1, 0.15) is 29.2 Å². The molecular weight excluding hydrogens is 370 g/mol. The zero-order valence-electron chi connectivity index (χ0n) is 14.1. The van der Waals surface area contributed by atoms with E-state index in [1.54, 1.807) is 0 Å². The fourth-order valence-corrected chi connectivity index (χ4v) is 2.99. The molecule has 0 saturated carbocycles. The van der Waals surface area contributed by atoms with Gasteiger partial charge in [0.25, 0.3) is 0 Å². The van der Waals surface area contributed by atoms with Gasteiger partial charge in [-0.1, -0.05) is 0 Å². The number of methoxy groups -OCH3 is 3. The van der Waals surface area contributed by atoms with Crippen LogP contribution in [0.4, 0.5) is 26.3 Å². The molecule has 2 rings (SSSR count). The van der Waals surface area contributed by atoms with Gasteiger partial charge in [-0.2, -0.15) is 26.3 Å². The predicted octanol–water partition coefficient (Wildman–Crippen LogP) is 4.39. The van der Waals surface area contributed by atoms with Crippen molar-refractivity contribution in [1.82, 2.24) is 0 Å². The lowest BCUT2D eigenvalue weighted by molar-refractivity contribution is -0.155. The number of rotatable bonds is 5. The van der Waals surface area contributed by atoms with Gasteiger partial charge < -0.3 is 18.9 Å². The number of hydrogen-bond acceptors (Lipinski definition) is 4. The molecule has 1 fully saturated rings. The number of benzene rings is 1. The van der Waals surface area contributed by atoms with E-state index < -0.39 is 48.1 Å². The van der Waals surface area contributed by atoms with Gasteiger partial charge >= 0.3 is 12.4 Å². The largest absolute Gasteiger partial charge is 0.416 e. The molecule has 0 N–H and O–H groups in total. The Balaban J connectivity index is 2.53. The fraction of sp³-hybridized carbons (Fsp3) is 0.625. The van der Waals surface area contributed by atoms with Crippen LogP contribution in [-0.4, -0.2) is 33.9 Å². The molecule has 1 aliphatic rings. The fourth-order valence-electron chi connectivity index (χ4n) is 2.99. The van der Waals surface area contributed by atoms with Crippen molar-refractivity contribution in [3.8, 4) is 0 Å². The van der Waals surface area contributed by atoms with Gasteiger partial charge in [0, 0.05) is 33.7 Å². The summed E-state index contributed by atoms with van der Waals surface area (Å²) >= 11 is 0. The van der Waals surface area contributed by atoms with Gasteiger partial charge in [0.1, 0.15) is 0 Å². The van der Waals surface area contributed by atoms with E-state index in [0.29, 0.717) is 12.1 Å². The SMILES string of the molecule is COC1C[C@H](C(OC)OC)[C@H](c2cc(C(F)(F)F)cc(C(F)(F)F)c2)O1. The second-order valence-corrected chi connectivity index (χ2v) is 5.80. The van der Waals surface area contributed by atoms with E-state index in [2.05, 4.69) is 0 Å². The van der Waals surface area contributed by atoms with Gasteiger partial charge in [0.15, 0.2) is 12.6 Å². The summed E-state index contributed by atoms with van der Waals surface area (Å²) in [6.45, 7) is 0. The highest BCUT2D eigenvalue weighted by atomic mass is 19.4. The highest BCUT2D eigenvalue weighted by Crippen LogP contribution is 2.44. The first kappa shape index (κ1) is 20.9. The van der Waals surface area contributed by atoms with Crippen molar-refractivity contribution in [3.05, 3.63) is 34.9 Å². The van der Waals surface area contributed by atoms with Crippen molar-refractivity contribution in [3.63, 3.8) is 0 Å². The molecule has 26 heavy (non-hydrogen) atoms. The molecule has 1 aliphatic heterocycles. The van der Waals surface area contributed by atoms with Gasteiger partial charge in [0.05, 0.1) is 17.2 Å². The summed E-state index contributed by atoms with van der Waals surface area (Å²) in [7, 11) is 3.96. The van der Waals surface area contributed by atoms with E-state index in [4.69, 9.17) is 18.9 Å². The molecule has 1 aromatic rings. The molecule has 1 unspecified atom stereocenters. The van der Waals surface area contributed by atoms with Crippen molar-refractivity contribution in [1.29, 1.82) is 0 Å². The lowest BCUT2D eigenvalue weighted by atomic mass is 9.91. The number of ether oxygens (including phenoxy) is 4. The molecule has 0 bridgehead atoms. The minimum Gasteiger partial charge on any atom is -0.356 e. The van der Waals surface area contributed by atoms with Crippen LogP contribution in [0.2, 0.25) is 0 Å². The van der Waals surface area contributed by atoms with Crippen LogP contribution in [0.5, 0.6) is 0 Å². The van der Waals surface area contributed by atoms with E-state index in [-0.39, 0.29) is 18.1 Å². The summed E-state index contributed by atoms with van der Waals surface area (Å²) in [5.74, 6) is -0.653. The Bertz CT molecular complexity index is 579. The van der Waals surface area contributed by atoms with Crippen LogP contribution in [-0.2, 0) is 31.3 Å². The first-order valence-corrected chi connectivity index (χ1v) is 7.54. The Morgan fingerprint density at radius 1 is 0.923 bits per heavy atom. The molecule has 1 saturated heterocycles. The first-order valence-electron chi connectivity index (χ1n) is 7.54. The molecule has 1 heterocycles. The Labute approximate surface area is 146 Å². The van der Waals surface area contributed by atoms with Crippen molar-refractivity contribution >= 4 is 0 Å². The quantitative estimate of drug-likeness (QED) is 0.554. The molecule has 1 aromatic carbocycles. The Morgan fingerprint density at radius 3 is 1.81 bits per heavy atom. The van der Waals surface area contributed by atoms with Gasteiger partial charge in [-0.25, -0.2) is 0 Å². The maximum atomic E-state index is 13.1. The molecule has 0 aromatic heterocycles. The first-order chi connectivity index (χ1) is 12.0. The Kier molecular flexibility index (Phi) is 6.21. The Hall–Kier alpha value is -1.36. The molecule has 148 valence electrons. The highest BCUT2D eigenvalue weighted by Gasteiger charge is 2.44. The number of halogens is 6. The molecule has 10 heteroatoms. The molecule has 0 amide bonds. The average Bonchev–Trinajstić information content (AvgIpc) is 2.98. The van der Waals surface area contributed by atoms with E-state index in [1.165, 1.54) is 21.3 Å². The van der Waals surface area contributed by atoms with Gasteiger partial charge in [-0.3, -0.25) is 0 Å². The third kappa shape index (κ3) is 4.48. The minimum absolute atomic E-state index is 0.0748. The van der Waals surface area contributed by atoms with E-state index in [9.17, 15) is 26.3 Å². The van der Waals surface area contributed by atoms with Gasteiger partial charge in [-0.05, 0) is 23.8 Å². The van der Waals surface area contributed by atoms with Crippen molar-refractivity contribution < 1.29 is 45.3 Å². The van der Waals surface area contributed by atoms with E-state index in [1.807, 2.05) is 0 Å². The van der Waals surface area contributed by atoms with E-state index >= 15 is 0 Å². The zero-order chi connectivity index (χ0) is 19.7. The summed E-state index contributed by atoms with van der Waals surface area (Å²) in [5.41, 5.74) is -3.08. The maximum Gasteiger partial charge on any atom is 0.416 e. The molecule has 0 radical (unpaired) electrons. The van der Waals surface area contributed by atoms with Crippen LogP contribution >= 0.6 is 0 Å². The van der Waals surface area contributed by atoms with Crippen LogP contribution < -0.4 is 0 Å². The lowest BCUT2D eigenvalue weighted by Gasteiger charge is -2.26.